The third kappa shape index (κ3) is 4.74. The van der Waals surface area contributed by atoms with Crippen molar-refractivity contribution in [3.63, 3.8) is 0 Å². The van der Waals surface area contributed by atoms with Crippen molar-refractivity contribution in [2.24, 2.45) is 5.14 Å². The van der Waals surface area contributed by atoms with E-state index in [0.29, 0.717) is 35.7 Å². The molecule has 0 amide bonds. The van der Waals surface area contributed by atoms with Crippen LogP contribution < -0.4 is 10.5 Å². The molecule has 0 atom stereocenters. The molecule has 10 heteroatoms. The summed E-state index contributed by atoms with van der Waals surface area (Å²) in [6.07, 6.45) is 3.30. The van der Waals surface area contributed by atoms with Crippen LogP contribution in [-0.2, 0) is 14.8 Å². The van der Waals surface area contributed by atoms with Crippen LogP contribution in [0.5, 0.6) is 0 Å². The summed E-state index contributed by atoms with van der Waals surface area (Å²) in [4.78, 5) is 13.1. The topological polar surface area (TPSA) is 140 Å². The minimum atomic E-state index is -3.85. The first-order valence-electron chi connectivity index (χ1n) is 8.16. The number of rotatable bonds is 8. The molecule has 3 aromatic rings. The van der Waals surface area contributed by atoms with Crippen molar-refractivity contribution in [2.75, 3.05) is 31.7 Å². The summed E-state index contributed by atoms with van der Waals surface area (Å²) in [5, 5.41) is 17.6. The smallest absolute Gasteiger partial charge is 0.238 e. The highest BCUT2D eigenvalue weighted by atomic mass is 32.2. The summed E-state index contributed by atoms with van der Waals surface area (Å²) in [6.45, 7) is 0.948. The third-order valence-corrected chi connectivity index (χ3v) is 4.60. The van der Waals surface area contributed by atoms with Gasteiger partial charge in [0.05, 0.1) is 30.2 Å². The number of sulfonamides is 1. The van der Waals surface area contributed by atoms with E-state index in [1.807, 2.05) is 6.07 Å². The Balaban J connectivity index is 2.02. The molecule has 3 rings (SSSR count). The van der Waals surface area contributed by atoms with Crippen molar-refractivity contribution < 1.29 is 18.3 Å². The van der Waals surface area contributed by atoms with Gasteiger partial charge in [0.2, 0.25) is 10.0 Å². The second-order valence-corrected chi connectivity index (χ2v) is 7.19. The summed E-state index contributed by atoms with van der Waals surface area (Å²) in [5.41, 5.74) is 1.30. The Kier molecular flexibility index (Phi) is 5.91. The Morgan fingerprint density at radius 1 is 1.19 bits per heavy atom. The molecule has 2 aromatic heterocycles. The normalized spacial score (nSPS) is 11.6. The number of aliphatic hydroxyl groups is 1. The van der Waals surface area contributed by atoms with Crippen LogP contribution in [0.1, 0.15) is 0 Å². The molecule has 0 unspecified atom stereocenters. The van der Waals surface area contributed by atoms with Crippen LogP contribution in [-0.4, -0.2) is 54.8 Å². The molecule has 0 radical (unpaired) electrons. The molecule has 27 heavy (non-hydrogen) atoms. The van der Waals surface area contributed by atoms with Crippen LogP contribution in [0.25, 0.3) is 22.3 Å². The summed E-state index contributed by atoms with van der Waals surface area (Å²) in [7, 11) is -3.85. The molecule has 0 saturated carbocycles. The number of ether oxygens (including phenoxy) is 1. The van der Waals surface area contributed by atoms with Gasteiger partial charge >= 0.3 is 0 Å². The number of nitrogens with zero attached hydrogens (tertiary/aromatic N) is 3. The van der Waals surface area contributed by atoms with Crippen LogP contribution >= 0.6 is 0 Å². The predicted octanol–water partition coefficient (Wildman–Crippen LogP) is 0.760. The van der Waals surface area contributed by atoms with Gasteiger partial charge in [0.1, 0.15) is 5.82 Å². The van der Waals surface area contributed by atoms with Crippen molar-refractivity contribution >= 4 is 26.7 Å². The maximum atomic E-state index is 11.7. The molecule has 0 bridgehead atoms. The van der Waals surface area contributed by atoms with Gasteiger partial charge in [-0.2, -0.15) is 0 Å². The highest BCUT2D eigenvalue weighted by Crippen LogP contribution is 2.26. The molecule has 0 aliphatic heterocycles. The van der Waals surface area contributed by atoms with E-state index in [4.69, 9.17) is 15.0 Å². The van der Waals surface area contributed by atoms with E-state index in [9.17, 15) is 8.42 Å². The van der Waals surface area contributed by atoms with Crippen LogP contribution in [0.2, 0.25) is 0 Å². The summed E-state index contributed by atoms with van der Waals surface area (Å²) in [5.74, 6) is 0.912. The standard InChI is InChI=1S/C17H19N5O4S/c18-27(24,25)13-3-4-15-14(10-13)17(20-6-8-26-9-7-23)22-16(21-15)12-2-1-5-19-11-12/h1-5,10-11,23H,6-9H2,(H2,18,24,25)(H,20,21,22). The number of pyridine rings is 1. The lowest BCUT2D eigenvalue weighted by atomic mass is 10.2. The van der Waals surface area contributed by atoms with E-state index in [2.05, 4.69) is 20.3 Å². The van der Waals surface area contributed by atoms with Crippen molar-refractivity contribution in [3.8, 4) is 11.4 Å². The number of primary sulfonamides is 1. The average Bonchev–Trinajstić information content (AvgIpc) is 2.67. The second-order valence-electron chi connectivity index (χ2n) is 5.62. The Morgan fingerprint density at radius 3 is 2.74 bits per heavy atom. The molecule has 0 saturated heterocycles. The number of hydrogen-bond acceptors (Lipinski definition) is 8. The van der Waals surface area contributed by atoms with Crippen molar-refractivity contribution in [2.45, 2.75) is 4.90 Å². The lowest BCUT2D eigenvalue weighted by Crippen LogP contribution is -2.14. The van der Waals surface area contributed by atoms with Gasteiger partial charge in [0.15, 0.2) is 5.82 Å². The van der Waals surface area contributed by atoms with E-state index in [0.717, 1.165) is 5.56 Å². The minimum absolute atomic E-state index is 0.0210. The second kappa shape index (κ2) is 8.35. The van der Waals surface area contributed by atoms with Gasteiger partial charge in [-0.3, -0.25) is 4.98 Å². The Morgan fingerprint density at radius 2 is 2.04 bits per heavy atom. The van der Waals surface area contributed by atoms with Crippen LogP contribution in [0.15, 0.2) is 47.6 Å². The van der Waals surface area contributed by atoms with Crippen molar-refractivity contribution in [3.05, 3.63) is 42.7 Å². The monoisotopic (exact) mass is 389 g/mol. The first-order chi connectivity index (χ1) is 13.0. The first-order valence-corrected chi connectivity index (χ1v) is 9.71. The molecule has 1 aromatic carbocycles. The van der Waals surface area contributed by atoms with Gasteiger partial charge in [-0.25, -0.2) is 23.5 Å². The van der Waals surface area contributed by atoms with Crippen molar-refractivity contribution in [1.29, 1.82) is 0 Å². The number of aliphatic hydroxyl groups excluding tert-OH is 1. The zero-order chi connectivity index (χ0) is 19.3. The quantitative estimate of drug-likeness (QED) is 0.480. The zero-order valence-electron chi connectivity index (χ0n) is 14.4. The Bertz CT molecular complexity index is 1030. The van der Waals surface area contributed by atoms with Gasteiger partial charge in [-0.05, 0) is 30.3 Å². The van der Waals surface area contributed by atoms with Crippen molar-refractivity contribution in [1.82, 2.24) is 15.0 Å². The van der Waals surface area contributed by atoms with Gasteiger partial charge < -0.3 is 15.2 Å². The molecular weight excluding hydrogens is 370 g/mol. The lowest BCUT2D eigenvalue weighted by molar-refractivity contribution is 0.0992. The Hall–Kier alpha value is -2.66. The van der Waals surface area contributed by atoms with Crippen LogP contribution in [0.3, 0.4) is 0 Å². The SMILES string of the molecule is NS(=O)(=O)c1ccc2nc(-c3cccnc3)nc(NCCOCCO)c2c1. The van der Waals surface area contributed by atoms with E-state index in [-0.39, 0.29) is 18.1 Å². The molecule has 0 fully saturated rings. The molecule has 0 aliphatic rings. The molecule has 0 spiro atoms. The van der Waals surface area contributed by atoms with Gasteiger partial charge in [-0.1, -0.05) is 0 Å². The maximum Gasteiger partial charge on any atom is 0.238 e. The fourth-order valence-electron chi connectivity index (χ4n) is 2.45. The highest BCUT2D eigenvalue weighted by Gasteiger charge is 2.14. The number of anilines is 1. The Labute approximate surface area is 156 Å². The largest absolute Gasteiger partial charge is 0.394 e. The van der Waals surface area contributed by atoms with E-state index >= 15 is 0 Å². The maximum absolute atomic E-state index is 11.7. The number of benzene rings is 1. The third-order valence-electron chi connectivity index (χ3n) is 3.69. The zero-order valence-corrected chi connectivity index (χ0v) is 15.2. The minimum Gasteiger partial charge on any atom is -0.394 e. The average molecular weight is 389 g/mol. The number of aromatic nitrogens is 3. The molecule has 4 N–H and O–H groups in total. The summed E-state index contributed by atoms with van der Waals surface area (Å²) < 4.78 is 28.6. The predicted molar refractivity (Wildman–Crippen MR) is 101 cm³/mol. The van der Waals surface area contributed by atoms with Gasteiger partial charge in [-0.15, -0.1) is 0 Å². The lowest BCUT2D eigenvalue weighted by Gasteiger charge is -2.12. The van der Waals surface area contributed by atoms with Gasteiger partial charge in [0, 0.05) is 29.9 Å². The highest BCUT2D eigenvalue weighted by molar-refractivity contribution is 7.89. The number of nitrogens with two attached hydrogens (primary N) is 1. The van der Waals surface area contributed by atoms with Crippen LogP contribution in [0, 0.1) is 0 Å². The number of hydrogen-bond donors (Lipinski definition) is 3. The first kappa shape index (κ1) is 19.1. The summed E-state index contributed by atoms with van der Waals surface area (Å²) in [6, 6.07) is 8.05. The molecule has 9 nitrogen and oxygen atoms in total. The van der Waals surface area contributed by atoms with Crippen LogP contribution in [0.4, 0.5) is 5.82 Å². The van der Waals surface area contributed by atoms with E-state index < -0.39 is 10.0 Å². The van der Waals surface area contributed by atoms with Gasteiger partial charge in [0.25, 0.3) is 0 Å². The molecular formula is C17H19N5O4S. The summed E-state index contributed by atoms with van der Waals surface area (Å²) >= 11 is 0. The number of nitrogens with one attached hydrogen (secondary N) is 1. The van der Waals surface area contributed by atoms with E-state index in [1.165, 1.54) is 12.1 Å². The fourth-order valence-corrected chi connectivity index (χ4v) is 2.99. The molecule has 142 valence electrons. The molecule has 0 aliphatic carbocycles. The number of fused-ring (bicyclic) bond motifs is 1. The van der Waals surface area contributed by atoms with E-state index in [1.54, 1.807) is 24.5 Å². The molecule has 2 heterocycles. The fraction of sp³-hybridized carbons (Fsp3) is 0.235.